The topological polar surface area (TPSA) is 69.5 Å². The number of benzene rings is 2. The fourth-order valence-electron chi connectivity index (χ4n) is 3.40. The van der Waals surface area contributed by atoms with Gasteiger partial charge in [0.1, 0.15) is 17.0 Å². The summed E-state index contributed by atoms with van der Waals surface area (Å²) in [6, 6.07) is 11.1. The Morgan fingerprint density at radius 3 is 2.81 bits per heavy atom. The van der Waals surface area contributed by atoms with Gasteiger partial charge in [0.2, 0.25) is 0 Å². The number of thiazole rings is 1. The van der Waals surface area contributed by atoms with Gasteiger partial charge in [0, 0.05) is 31.0 Å². The van der Waals surface area contributed by atoms with Crippen LogP contribution in [-0.4, -0.2) is 41.2 Å². The molecule has 1 amide bonds. The maximum Gasteiger partial charge on any atom is 0.260 e. The Hall–Kier alpha value is -3.39. The Kier molecular flexibility index (Phi) is 6.18. The Morgan fingerprint density at radius 2 is 2.06 bits per heavy atom. The highest BCUT2D eigenvalue weighted by molar-refractivity contribution is 7.22. The molecule has 0 spiro atoms. The lowest BCUT2D eigenvalue weighted by Gasteiger charge is -2.20. The van der Waals surface area contributed by atoms with Gasteiger partial charge in [0.05, 0.1) is 25.2 Å². The molecule has 0 saturated heterocycles. The van der Waals surface area contributed by atoms with Crippen LogP contribution in [0.4, 0.5) is 5.13 Å². The van der Waals surface area contributed by atoms with Crippen LogP contribution in [0.25, 0.3) is 10.2 Å². The number of hydrogen-bond acceptors (Lipinski definition) is 6. The van der Waals surface area contributed by atoms with Crippen LogP contribution in [0, 0.1) is 6.92 Å². The van der Waals surface area contributed by atoms with Crippen LogP contribution in [0.1, 0.15) is 22.3 Å². The number of carbonyl (C=O) groups is 1. The van der Waals surface area contributed by atoms with Gasteiger partial charge < -0.3 is 14.0 Å². The van der Waals surface area contributed by atoms with Crippen LogP contribution in [-0.2, 0) is 6.54 Å². The summed E-state index contributed by atoms with van der Waals surface area (Å²) < 4.78 is 13.8. The van der Waals surface area contributed by atoms with Crippen LogP contribution in [0.3, 0.4) is 0 Å². The summed E-state index contributed by atoms with van der Waals surface area (Å²) in [4.78, 5) is 24.1. The van der Waals surface area contributed by atoms with E-state index >= 15 is 0 Å². The monoisotopic (exact) mass is 436 g/mol. The number of carbonyl (C=O) groups excluding carboxylic acids is 1. The van der Waals surface area contributed by atoms with E-state index in [1.165, 1.54) is 11.3 Å². The maximum absolute atomic E-state index is 13.5. The van der Waals surface area contributed by atoms with Gasteiger partial charge in [-0.1, -0.05) is 23.5 Å². The van der Waals surface area contributed by atoms with Crippen LogP contribution >= 0.6 is 11.3 Å². The second-order valence-corrected chi connectivity index (χ2v) is 8.08. The first-order valence-corrected chi connectivity index (χ1v) is 10.8. The molecule has 0 aliphatic carbocycles. The van der Waals surface area contributed by atoms with Crippen molar-refractivity contribution in [3.8, 4) is 11.5 Å². The molecule has 160 valence electrons. The molecule has 0 radical (unpaired) electrons. The highest BCUT2D eigenvalue weighted by Gasteiger charge is 2.23. The first-order chi connectivity index (χ1) is 15.1. The van der Waals surface area contributed by atoms with Crippen molar-refractivity contribution in [3.05, 3.63) is 66.2 Å². The lowest BCUT2D eigenvalue weighted by atomic mass is 10.2. The van der Waals surface area contributed by atoms with Gasteiger partial charge in [-0.05, 0) is 43.2 Å². The molecular weight excluding hydrogens is 412 g/mol. The van der Waals surface area contributed by atoms with Gasteiger partial charge in [-0.15, -0.1) is 0 Å². The van der Waals surface area contributed by atoms with E-state index in [9.17, 15) is 4.79 Å². The van der Waals surface area contributed by atoms with E-state index < -0.39 is 0 Å². The Labute approximate surface area is 184 Å². The van der Waals surface area contributed by atoms with Crippen LogP contribution in [0.2, 0.25) is 0 Å². The molecule has 0 unspecified atom stereocenters. The minimum atomic E-state index is -0.111. The summed E-state index contributed by atoms with van der Waals surface area (Å²) in [6.45, 7) is 3.32. The summed E-state index contributed by atoms with van der Waals surface area (Å²) in [5, 5.41) is 0.654. The number of anilines is 1. The summed E-state index contributed by atoms with van der Waals surface area (Å²) >= 11 is 1.51. The molecule has 0 atom stereocenters. The standard InChI is InChI=1S/C23H24N4O3S/c1-16-8-9-19(30-3)20-21(16)31-23(25-20)27(12-5-11-26-13-10-24-15-26)22(28)17-6-4-7-18(14-17)29-2/h4,6-10,13-15H,5,11-12H2,1-3H3. The van der Waals surface area contributed by atoms with E-state index in [0.29, 0.717) is 28.7 Å². The highest BCUT2D eigenvalue weighted by Crippen LogP contribution is 2.37. The predicted molar refractivity (Wildman–Crippen MR) is 122 cm³/mol. The van der Waals surface area contributed by atoms with E-state index in [4.69, 9.17) is 14.5 Å². The van der Waals surface area contributed by atoms with Gasteiger partial charge in [-0.3, -0.25) is 9.69 Å². The molecule has 2 aromatic heterocycles. The molecule has 4 rings (SSSR count). The van der Waals surface area contributed by atoms with Crippen molar-refractivity contribution < 1.29 is 14.3 Å². The number of aryl methyl sites for hydroxylation is 2. The molecule has 0 fully saturated rings. The molecular formula is C23H24N4O3S. The normalized spacial score (nSPS) is 10.9. The SMILES string of the molecule is COc1cccc(C(=O)N(CCCn2ccnc2)c2nc3c(OC)ccc(C)c3s2)c1. The number of methoxy groups -OCH3 is 2. The molecule has 4 aromatic rings. The average Bonchev–Trinajstić information content (AvgIpc) is 3.47. The first-order valence-electron chi connectivity index (χ1n) is 9.96. The maximum atomic E-state index is 13.5. The van der Waals surface area contributed by atoms with Crippen molar-refractivity contribution in [3.63, 3.8) is 0 Å². The molecule has 0 aliphatic rings. The zero-order chi connectivity index (χ0) is 21.8. The lowest BCUT2D eigenvalue weighted by Crippen LogP contribution is -2.32. The Balaban J connectivity index is 1.69. The first kappa shape index (κ1) is 20.9. The number of aromatic nitrogens is 3. The van der Waals surface area contributed by atoms with Crippen molar-refractivity contribution in [1.29, 1.82) is 0 Å². The van der Waals surface area contributed by atoms with Gasteiger partial charge in [-0.2, -0.15) is 0 Å². The quantitative estimate of drug-likeness (QED) is 0.405. The third kappa shape index (κ3) is 4.39. The minimum absolute atomic E-state index is 0.111. The molecule has 2 heterocycles. The zero-order valence-electron chi connectivity index (χ0n) is 17.7. The number of nitrogens with zero attached hydrogens (tertiary/aromatic N) is 4. The average molecular weight is 437 g/mol. The number of rotatable bonds is 8. The van der Waals surface area contributed by atoms with E-state index in [1.807, 2.05) is 42.0 Å². The Morgan fingerprint density at radius 1 is 1.19 bits per heavy atom. The fourth-order valence-corrected chi connectivity index (χ4v) is 4.48. The van der Waals surface area contributed by atoms with Crippen LogP contribution < -0.4 is 14.4 Å². The molecule has 8 heteroatoms. The number of imidazole rings is 1. The highest BCUT2D eigenvalue weighted by atomic mass is 32.1. The minimum Gasteiger partial charge on any atom is -0.497 e. The van der Waals surface area contributed by atoms with E-state index in [0.717, 1.165) is 28.7 Å². The molecule has 0 saturated carbocycles. The van der Waals surface area contributed by atoms with Crippen molar-refractivity contribution in [1.82, 2.24) is 14.5 Å². The van der Waals surface area contributed by atoms with E-state index in [-0.39, 0.29) is 5.91 Å². The second-order valence-electron chi connectivity index (χ2n) is 7.10. The second kappa shape index (κ2) is 9.18. The van der Waals surface area contributed by atoms with E-state index in [1.54, 1.807) is 43.8 Å². The van der Waals surface area contributed by atoms with E-state index in [2.05, 4.69) is 4.98 Å². The zero-order valence-corrected chi connectivity index (χ0v) is 18.6. The lowest BCUT2D eigenvalue weighted by molar-refractivity contribution is 0.0986. The summed E-state index contributed by atoms with van der Waals surface area (Å²) in [6.07, 6.45) is 6.21. The number of hydrogen-bond donors (Lipinski definition) is 0. The smallest absolute Gasteiger partial charge is 0.260 e. The van der Waals surface area contributed by atoms with Crippen molar-refractivity contribution in [2.75, 3.05) is 25.7 Å². The molecule has 0 aliphatic heterocycles. The van der Waals surface area contributed by atoms with Crippen molar-refractivity contribution in [2.45, 2.75) is 19.9 Å². The van der Waals surface area contributed by atoms with Crippen molar-refractivity contribution in [2.24, 2.45) is 0 Å². The predicted octanol–water partition coefficient (Wildman–Crippen LogP) is 4.56. The number of amides is 1. The third-order valence-corrected chi connectivity index (χ3v) is 6.28. The largest absolute Gasteiger partial charge is 0.497 e. The van der Waals surface area contributed by atoms with Crippen LogP contribution in [0.5, 0.6) is 11.5 Å². The van der Waals surface area contributed by atoms with Gasteiger partial charge in [-0.25, -0.2) is 9.97 Å². The third-order valence-electron chi connectivity index (χ3n) is 5.06. The van der Waals surface area contributed by atoms with Crippen molar-refractivity contribution >= 4 is 32.6 Å². The van der Waals surface area contributed by atoms with Gasteiger partial charge in [0.15, 0.2) is 5.13 Å². The summed E-state index contributed by atoms with van der Waals surface area (Å²) in [5.74, 6) is 1.24. The molecule has 31 heavy (non-hydrogen) atoms. The molecule has 2 aromatic carbocycles. The fraction of sp³-hybridized carbons (Fsp3) is 0.261. The summed E-state index contributed by atoms with van der Waals surface area (Å²) in [7, 11) is 3.22. The summed E-state index contributed by atoms with van der Waals surface area (Å²) in [5.41, 5.74) is 2.44. The van der Waals surface area contributed by atoms with Gasteiger partial charge >= 0.3 is 0 Å². The van der Waals surface area contributed by atoms with Crippen LogP contribution in [0.15, 0.2) is 55.1 Å². The number of ether oxygens (including phenoxy) is 2. The molecule has 0 bridgehead atoms. The van der Waals surface area contributed by atoms with Gasteiger partial charge in [0.25, 0.3) is 5.91 Å². The Bertz CT molecular complexity index is 1190. The molecule has 0 N–H and O–H groups in total. The number of fused-ring (bicyclic) bond motifs is 1. The molecule has 7 nitrogen and oxygen atoms in total.